The van der Waals surface area contributed by atoms with Gasteiger partial charge in [-0.3, -0.25) is 10.2 Å². The number of allylic oxidation sites excluding steroid dienone is 1. The van der Waals surface area contributed by atoms with Crippen LogP contribution in [-0.4, -0.2) is 24.7 Å². The van der Waals surface area contributed by atoms with Crippen molar-refractivity contribution in [3.63, 3.8) is 0 Å². The first-order valence-electron chi connectivity index (χ1n) is 6.56. The highest BCUT2D eigenvalue weighted by Crippen LogP contribution is 2.08. The zero-order valence-electron chi connectivity index (χ0n) is 12.5. The normalized spacial score (nSPS) is 11.1. The molecular weight excluding hydrogens is 228 g/mol. The van der Waals surface area contributed by atoms with Crippen molar-refractivity contribution >= 4 is 11.6 Å². The summed E-state index contributed by atoms with van der Waals surface area (Å²) in [5.41, 5.74) is 6.75. The van der Waals surface area contributed by atoms with Crippen LogP contribution in [0.2, 0.25) is 0 Å². The maximum Gasteiger partial charge on any atom is 0.271 e. The van der Waals surface area contributed by atoms with E-state index in [1.807, 2.05) is 41.5 Å². The molecule has 18 heavy (non-hydrogen) atoms. The lowest BCUT2D eigenvalue weighted by molar-refractivity contribution is -0.114. The number of nitrogens with one attached hydrogen (secondary N) is 3. The van der Waals surface area contributed by atoms with Gasteiger partial charge in [-0.2, -0.15) is 0 Å². The van der Waals surface area contributed by atoms with E-state index in [-0.39, 0.29) is 11.6 Å². The van der Waals surface area contributed by atoms with Crippen LogP contribution in [0.5, 0.6) is 0 Å². The Morgan fingerprint density at radius 3 is 1.94 bits per heavy atom. The number of rotatable bonds is 6. The van der Waals surface area contributed by atoms with E-state index in [0.717, 1.165) is 0 Å². The summed E-state index contributed by atoms with van der Waals surface area (Å²) in [4.78, 5) is 11.5. The number of hydrogen-bond acceptors (Lipinski definition) is 4. The van der Waals surface area contributed by atoms with Gasteiger partial charge in [0.25, 0.3) is 5.91 Å². The Bertz CT molecular complexity index is 295. The van der Waals surface area contributed by atoms with E-state index in [9.17, 15) is 4.79 Å². The second-order valence-corrected chi connectivity index (χ2v) is 3.75. The molecule has 0 atom stereocenters. The topological polar surface area (TPSA) is 91.0 Å². The van der Waals surface area contributed by atoms with Gasteiger partial charge in [0.05, 0.1) is 5.70 Å². The Morgan fingerprint density at radius 1 is 1.17 bits per heavy atom. The van der Waals surface area contributed by atoms with Crippen LogP contribution < -0.4 is 16.4 Å². The van der Waals surface area contributed by atoms with Gasteiger partial charge in [0.1, 0.15) is 5.71 Å². The van der Waals surface area contributed by atoms with Crippen LogP contribution in [0, 0.1) is 11.3 Å². The molecule has 106 valence electrons. The van der Waals surface area contributed by atoms with E-state index in [1.54, 1.807) is 0 Å². The van der Waals surface area contributed by atoms with Crippen molar-refractivity contribution < 1.29 is 4.79 Å². The minimum absolute atomic E-state index is 0.101. The molecule has 0 radical (unpaired) electrons. The lowest BCUT2D eigenvalue weighted by Crippen LogP contribution is -2.37. The van der Waals surface area contributed by atoms with Crippen LogP contribution in [0.4, 0.5) is 0 Å². The van der Waals surface area contributed by atoms with Gasteiger partial charge in [-0.05, 0) is 19.8 Å². The molecule has 5 N–H and O–H groups in total. The predicted molar refractivity (Wildman–Crippen MR) is 77.5 cm³/mol. The molecule has 5 nitrogen and oxygen atoms in total. The lowest BCUT2D eigenvalue weighted by Gasteiger charge is -2.16. The molecule has 1 amide bonds. The predicted octanol–water partition coefficient (Wildman–Crippen LogP) is 1.60. The van der Waals surface area contributed by atoms with Crippen LogP contribution in [0.1, 0.15) is 41.5 Å². The van der Waals surface area contributed by atoms with Crippen LogP contribution in [0.25, 0.3) is 0 Å². The second kappa shape index (κ2) is 10.6. The van der Waals surface area contributed by atoms with E-state index in [1.165, 1.54) is 0 Å². The Morgan fingerprint density at radius 2 is 1.61 bits per heavy atom. The first-order chi connectivity index (χ1) is 8.45. The third kappa shape index (κ3) is 6.27. The van der Waals surface area contributed by atoms with Crippen molar-refractivity contribution in [3.05, 3.63) is 11.4 Å². The summed E-state index contributed by atoms with van der Waals surface area (Å²) in [6.07, 6.45) is 0. The molecule has 0 aliphatic heterocycles. The van der Waals surface area contributed by atoms with Gasteiger partial charge in [-0.25, -0.2) is 0 Å². The van der Waals surface area contributed by atoms with Gasteiger partial charge >= 0.3 is 0 Å². The van der Waals surface area contributed by atoms with Crippen molar-refractivity contribution in [2.75, 3.05) is 13.1 Å². The number of amides is 1. The molecule has 0 heterocycles. The minimum Gasteiger partial charge on any atom is -0.400 e. The van der Waals surface area contributed by atoms with E-state index in [0.29, 0.717) is 24.5 Å². The molecule has 0 fully saturated rings. The Kier molecular flexibility index (Phi) is 11.1. The summed E-state index contributed by atoms with van der Waals surface area (Å²) in [5.74, 6) is -0.300. The third-order valence-corrected chi connectivity index (χ3v) is 2.08. The molecule has 0 aliphatic carbocycles. The molecule has 0 saturated heterocycles. The average Bonchev–Trinajstić information content (AvgIpc) is 2.37. The summed E-state index contributed by atoms with van der Waals surface area (Å²) in [6.45, 7) is 12.7. The smallest absolute Gasteiger partial charge is 0.271 e. The van der Waals surface area contributed by atoms with Crippen molar-refractivity contribution in [3.8, 4) is 0 Å². The molecule has 0 rings (SSSR count). The van der Waals surface area contributed by atoms with E-state index in [2.05, 4.69) is 10.6 Å². The second-order valence-electron chi connectivity index (χ2n) is 3.75. The summed E-state index contributed by atoms with van der Waals surface area (Å²) in [7, 11) is 0. The van der Waals surface area contributed by atoms with Gasteiger partial charge in [-0.15, -0.1) is 0 Å². The van der Waals surface area contributed by atoms with E-state index in [4.69, 9.17) is 11.1 Å². The average molecular weight is 256 g/mol. The van der Waals surface area contributed by atoms with Crippen LogP contribution in [0.3, 0.4) is 0 Å². The zero-order chi connectivity index (χ0) is 14.7. The number of hydrogen-bond donors (Lipinski definition) is 4. The molecule has 0 aromatic heterocycles. The summed E-state index contributed by atoms with van der Waals surface area (Å²) < 4.78 is 0. The molecule has 5 heteroatoms. The molecule has 0 aromatic carbocycles. The van der Waals surface area contributed by atoms with Gasteiger partial charge in [0.15, 0.2) is 0 Å². The van der Waals surface area contributed by atoms with Gasteiger partial charge in [-0.1, -0.05) is 27.7 Å². The highest BCUT2D eigenvalue weighted by molar-refractivity contribution is 6.44. The minimum atomic E-state index is -0.401. The highest BCUT2D eigenvalue weighted by atomic mass is 16.1. The maximum absolute atomic E-state index is 11.5. The van der Waals surface area contributed by atoms with Crippen molar-refractivity contribution in [1.82, 2.24) is 10.6 Å². The Balaban J connectivity index is 0. The first kappa shape index (κ1) is 18.8. The fourth-order valence-corrected chi connectivity index (χ4v) is 1.16. The molecular formula is C13H28N4O. The van der Waals surface area contributed by atoms with Crippen LogP contribution >= 0.6 is 0 Å². The standard InChI is InChI=1S/C11H22N4O.C2H6/c1-5-14-10(8(12)7(3)4)9(13)11(16)15-6-2;1-2/h7,13-14H,5-6,12H2,1-4H3,(H,15,16);1-2H3/b10-8+,13-9?;. The zero-order valence-corrected chi connectivity index (χ0v) is 12.5. The van der Waals surface area contributed by atoms with Gasteiger partial charge in [0, 0.05) is 18.8 Å². The number of carbonyl (C=O) groups excluding carboxylic acids is 1. The summed E-state index contributed by atoms with van der Waals surface area (Å²) >= 11 is 0. The van der Waals surface area contributed by atoms with Crippen LogP contribution in [0.15, 0.2) is 11.4 Å². The first-order valence-corrected chi connectivity index (χ1v) is 6.56. The quantitative estimate of drug-likeness (QED) is 0.544. The monoisotopic (exact) mass is 256 g/mol. The molecule has 0 spiro atoms. The van der Waals surface area contributed by atoms with Crippen LogP contribution in [-0.2, 0) is 4.79 Å². The maximum atomic E-state index is 11.5. The molecule has 0 aliphatic rings. The molecule has 0 unspecified atom stereocenters. The SMILES string of the molecule is CC.CCNC(=O)C(=N)/C(NCC)=C(\N)C(C)C. The Hall–Kier alpha value is -1.52. The fourth-order valence-electron chi connectivity index (χ4n) is 1.16. The molecule has 0 bridgehead atoms. The van der Waals surface area contributed by atoms with E-state index < -0.39 is 5.91 Å². The molecule has 0 saturated carbocycles. The largest absolute Gasteiger partial charge is 0.400 e. The molecule has 0 aromatic rings. The van der Waals surface area contributed by atoms with Gasteiger partial charge in [0.2, 0.25) is 0 Å². The van der Waals surface area contributed by atoms with Crippen molar-refractivity contribution in [2.24, 2.45) is 11.7 Å². The fraction of sp³-hybridized carbons (Fsp3) is 0.692. The number of carbonyl (C=O) groups is 1. The van der Waals surface area contributed by atoms with Crippen molar-refractivity contribution in [1.29, 1.82) is 5.41 Å². The lowest BCUT2D eigenvalue weighted by atomic mass is 10.1. The Labute approximate surface area is 111 Å². The van der Waals surface area contributed by atoms with Crippen molar-refractivity contribution in [2.45, 2.75) is 41.5 Å². The summed E-state index contributed by atoms with van der Waals surface area (Å²) in [5, 5.41) is 13.3. The third-order valence-electron chi connectivity index (χ3n) is 2.08. The highest BCUT2D eigenvalue weighted by Gasteiger charge is 2.17. The summed E-state index contributed by atoms with van der Waals surface area (Å²) in [6, 6.07) is 0. The number of nitrogens with two attached hydrogens (primary N) is 1. The van der Waals surface area contributed by atoms with Gasteiger partial charge < -0.3 is 16.4 Å². The van der Waals surface area contributed by atoms with E-state index >= 15 is 0 Å².